The molecule has 150 valence electrons. The van der Waals surface area contributed by atoms with Crippen LogP contribution in [-0.4, -0.2) is 37.2 Å². The van der Waals surface area contributed by atoms with Crippen molar-refractivity contribution >= 4 is 0 Å². The molecule has 28 heavy (non-hydrogen) atoms. The Morgan fingerprint density at radius 1 is 0.964 bits per heavy atom. The summed E-state index contributed by atoms with van der Waals surface area (Å²) in [5.41, 5.74) is 3.68. The summed E-state index contributed by atoms with van der Waals surface area (Å²) in [5.74, 6) is 2.49. The molecular formula is C24H32N2O2. The van der Waals surface area contributed by atoms with E-state index in [4.69, 9.17) is 9.47 Å². The van der Waals surface area contributed by atoms with Gasteiger partial charge in [0.2, 0.25) is 0 Å². The number of hydrogen-bond donors (Lipinski definition) is 1. The summed E-state index contributed by atoms with van der Waals surface area (Å²) in [5, 5.41) is 3.78. The number of hydrogen-bond acceptors (Lipinski definition) is 4. The molecule has 0 aliphatic carbocycles. The van der Waals surface area contributed by atoms with Crippen molar-refractivity contribution < 1.29 is 9.47 Å². The van der Waals surface area contributed by atoms with Crippen LogP contribution >= 0.6 is 0 Å². The van der Waals surface area contributed by atoms with E-state index in [2.05, 4.69) is 53.5 Å². The highest BCUT2D eigenvalue weighted by atomic mass is 16.5. The first-order valence-electron chi connectivity index (χ1n) is 10.6. The topological polar surface area (TPSA) is 33.7 Å². The number of benzene rings is 2. The zero-order valence-electron chi connectivity index (χ0n) is 17.1. The fourth-order valence-corrected chi connectivity index (χ4v) is 4.34. The standard InChI is InChI=1S/C24H32N2O2/c1-3-27-24-14-20(15-25-22-16-26-12-10-21(22)11-13-26)8-9-23(24)28-17-19-6-4-18(2)5-7-19/h4-9,14,21-22,25H,3,10-13,15-17H2,1-2H3. The van der Waals surface area contributed by atoms with Crippen LogP contribution in [0.4, 0.5) is 0 Å². The van der Waals surface area contributed by atoms with Crippen molar-refractivity contribution in [3.63, 3.8) is 0 Å². The highest BCUT2D eigenvalue weighted by Crippen LogP contribution is 2.31. The average molecular weight is 381 g/mol. The lowest BCUT2D eigenvalue weighted by atomic mass is 9.84. The minimum absolute atomic E-state index is 0.553. The number of ether oxygens (including phenoxy) is 2. The molecule has 2 bridgehead atoms. The fraction of sp³-hybridized carbons (Fsp3) is 0.500. The summed E-state index contributed by atoms with van der Waals surface area (Å²) < 4.78 is 11.9. The monoisotopic (exact) mass is 380 g/mol. The van der Waals surface area contributed by atoms with Gasteiger partial charge in [-0.1, -0.05) is 35.9 Å². The van der Waals surface area contributed by atoms with Gasteiger partial charge < -0.3 is 19.7 Å². The van der Waals surface area contributed by atoms with E-state index in [0.717, 1.165) is 24.0 Å². The molecule has 1 N–H and O–H groups in total. The van der Waals surface area contributed by atoms with Crippen molar-refractivity contribution in [3.8, 4) is 11.5 Å². The molecule has 3 heterocycles. The van der Waals surface area contributed by atoms with E-state index in [0.29, 0.717) is 19.3 Å². The Labute approximate surface area is 168 Å². The molecule has 3 fully saturated rings. The second-order valence-corrected chi connectivity index (χ2v) is 8.11. The molecule has 4 nitrogen and oxygen atoms in total. The van der Waals surface area contributed by atoms with Crippen molar-refractivity contribution in [1.29, 1.82) is 0 Å². The average Bonchev–Trinajstić information content (AvgIpc) is 2.74. The zero-order valence-corrected chi connectivity index (χ0v) is 17.1. The highest BCUT2D eigenvalue weighted by molar-refractivity contribution is 5.43. The molecule has 4 heteroatoms. The van der Waals surface area contributed by atoms with Gasteiger partial charge in [-0.3, -0.25) is 0 Å². The van der Waals surface area contributed by atoms with E-state index in [1.54, 1.807) is 0 Å². The third kappa shape index (κ3) is 4.68. The van der Waals surface area contributed by atoms with Crippen molar-refractivity contribution in [1.82, 2.24) is 10.2 Å². The van der Waals surface area contributed by atoms with E-state index in [1.807, 2.05) is 13.0 Å². The quantitative estimate of drug-likeness (QED) is 0.746. The van der Waals surface area contributed by atoms with Crippen LogP contribution in [0.5, 0.6) is 11.5 Å². The molecule has 1 unspecified atom stereocenters. The van der Waals surface area contributed by atoms with Gasteiger partial charge >= 0.3 is 0 Å². The summed E-state index contributed by atoms with van der Waals surface area (Å²) >= 11 is 0. The Balaban J connectivity index is 1.37. The zero-order chi connectivity index (χ0) is 19.3. The minimum atomic E-state index is 0.553. The van der Waals surface area contributed by atoms with Gasteiger partial charge in [0.1, 0.15) is 6.61 Å². The SMILES string of the molecule is CCOc1cc(CNC2CN3CCC2CC3)ccc1OCc1ccc(C)cc1. The Morgan fingerprint density at radius 3 is 2.39 bits per heavy atom. The third-order valence-corrected chi connectivity index (χ3v) is 6.05. The number of nitrogens with one attached hydrogen (secondary N) is 1. The molecule has 0 radical (unpaired) electrons. The molecule has 0 spiro atoms. The van der Waals surface area contributed by atoms with Crippen LogP contribution in [0, 0.1) is 12.8 Å². The van der Waals surface area contributed by atoms with Crippen LogP contribution in [0.3, 0.4) is 0 Å². The van der Waals surface area contributed by atoms with E-state index < -0.39 is 0 Å². The molecule has 3 aliphatic rings. The van der Waals surface area contributed by atoms with Gasteiger partial charge in [0.05, 0.1) is 6.61 Å². The number of nitrogens with zero attached hydrogens (tertiary/aromatic N) is 1. The lowest BCUT2D eigenvalue weighted by Gasteiger charge is -2.45. The Kier molecular flexibility index (Phi) is 6.18. The van der Waals surface area contributed by atoms with Gasteiger partial charge in [0.15, 0.2) is 11.5 Å². The van der Waals surface area contributed by atoms with Crippen molar-refractivity contribution in [2.75, 3.05) is 26.2 Å². The largest absolute Gasteiger partial charge is 0.490 e. The van der Waals surface area contributed by atoms with E-state index in [-0.39, 0.29) is 0 Å². The number of piperidine rings is 3. The Hall–Kier alpha value is -2.04. The number of fused-ring (bicyclic) bond motifs is 3. The summed E-state index contributed by atoms with van der Waals surface area (Å²) in [7, 11) is 0. The predicted molar refractivity (Wildman–Crippen MR) is 113 cm³/mol. The number of aryl methyl sites for hydroxylation is 1. The first-order valence-corrected chi connectivity index (χ1v) is 10.6. The molecule has 2 aromatic rings. The van der Waals surface area contributed by atoms with Crippen LogP contribution in [0.2, 0.25) is 0 Å². The van der Waals surface area contributed by atoms with Crippen LogP contribution in [0.1, 0.15) is 36.5 Å². The van der Waals surface area contributed by atoms with Gasteiger partial charge in [-0.25, -0.2) is 0 Å². The van der Waals surface area contributed by atoms with Crippen LogP contribution in [-0.2, 0) is 13.2 Å². The fourth-order valence-electron chi connectivity index (χ4n) is 4.34. The van der Waals surface area contributed by atoms with Gasteiger partial charge in [0, 0.05) is 19.1 Å². The van der Waals surface area contributed by atoms with E-state index in [9.17, 15) is 0 Å². The molecule has 2 aromatic carbocycles. The highest BCUT2D eigenvalue weighted by Gasteiger charge is 2.33. The van der Waals surface area contributed by atoms with Gasteiger partial charge in [-0.15, -0.1) is 0 Å². The Bertz CT molecular complexity index is 767. The molecule has 0 saturated carbocycles. The van der Waals surface area contributed by atoms with Crippen molar-refractivity contribution in [2.45, 2.75) is 45.9 Å². The Morgan fingerprint density at radius 2 is 1.71 bits per heavy atom. The number of rotatable bonds is 8. The maximum Gasteiger partial charge on any atom is 0.161 e. The predicted octanol–water partition coefficient (Wildman–Crippen LogP) is 4.16. The van der Waals surface area contributed by atoms with Crippen LogP contribution in [0.15, 0.2) is 42.5 Å². The first-order chi connectivity index (χ1) is 13.7. The minimum Gasteiger partial charge on any atom is -0.490 e. The molecule has 0 amide bonds. The van der Waals surface area contributed by atoms with E-state index in [1.165, 1.54) is 49.2 Å². The van der Waals surface area contributed by atoms with Crippen LogP contribution in [0.25, 0.3) is 0 Å². The molecule has 1 atom stereocenters. The molecular weight excluding hydrogens is 348 g/mol. The van der Waals surface area contributed by atoms with Crippen molar-refractivity contribution in [3.05, 3.63) is 59.2 Å². The molecule has 0 aromatic heterocycles. The summed E-state index contributed by atoms with van der Waals surface area (Å²) in [6, 6.07) is 15.4. The normalized spacial score (nSPS) is 23.6. The van der Waals surface area contributed by atoms with Crippen molar-refractivity contribution in [2.24, 2.45) is 5.92 Å². The summed E-state index contributed by atoms with van der Waals surface area (Å²) in [6.45, 7) is 9.94. The second-order valence-electron chi connectivity index (χ2n) is 8.11. The molecule has 3 saturated heterocycles. The smallest absolute Gasteiger partial charge is 0.161 e. The van der Waals surface area contributed by atoms with Crippen LogP contribution < -0.4 is 14.8 Å². The lowest BCUT2D eigenvalue weighted by Crippen LogP contribution is -2.55. The third-order valence-electron chi connectivity index (χ3n) is 6.05. The van der Waals surface area contributed by atoms with Gasteiger partial charge in [-0.05, 0) is 69.0 Å². The van der Waals surface area contributed by atoms with Gasteiger partial charge in [-0.2, -0.15) is 0 Å². The lowest BCUT2D eigenvalue weighted by molar-refractivity contribution is 0.0720. The molecule has 5 rings (SSSR count). The summed E-state index contributed by atoms with van der Waals surface area (Å²) in [4.78, 5) is 2.59. The second kappa shape index (κ2) is 8.97. The van der Waals surface area contributed by atoms with E-state index >= 15 is 0 Å². The molecule has 3 aliphatic heterocycles. The summed E-state index contributed by atoms with van der Waals surface area (Å²) in [6.07, 6.45) is 2.68. The van der Waals surface area contributed by atoms with Gasteiger partial charge in [0.25, 0.3) is 0 Å². The maximum atomic E-state index is 6.05. The maximum absolute atomic E-state index is 6.05. The first kappa shape index (κ1) is 19.3.